The summed E-state index contributed by atoms with van der Waals surface area (Å²) in [6, 6.07) is 11.0. The van der Waals surface area contributed by atoms with Crippen molar-refractivity contribution in [1.82, 2.24) is 55.5 Å². The maximum Gasteiger partial charge on any atom is 0.295 e. The van der Waals surface area contributed by atoms with Gasteiger partial charge in [0.1, 0.15) is 17.1 Å². The summed E-state index contributed by atoms with van der Waals surface area (Å²) in [4.78, 5) is 52.2. The number of benzene rings is 1. The summed E-state index contributed by atoms with van der Waals surface area (Å²) < 4.78 is 16.8. The Balaban J connectivity index is 1.03. The molecule has 5 aromatic rings. The summed E-state index contributed by atoms with van der Waals surface area (Å²) in [5.74, 6) is -2.13. The third-order valence-corrected chi connectivity index (χ3v) is 8.38. The molecule has 4 aromatic heterocycles. The van der Waals surface area contributed by atoms with E-state index in [2.05, 4.69) is 45.9 Å². The first-order valence-corrected chi connectivity index (χ1v) is 15.1. The van der Waals surface area contributed by atoms with Crippen molar-refractivity contribution in [2.24, 2.45) is 0 Å². The van der Waals surface area contributed by atoms with Crippen LogP contribution in [0.3, 0.4) is 0 Å². The maximum atomic E-state index is 15.1. The van der Waals surface area contributed by atoms with Gasteiger partial charge in [0, 0.05) is 45.5 Å². The topological polar surface area (TPSA) is 174 Å². The average molecular weight is 627 g/mol. The lowest BCUT2D eigenvalue weighted by molar-refractivity contribution is -0.126. The first-order valence-electron chi connectivity index (χ1n) is 15.1. The van der Waals surface area contributed by atoms with Gasteiger partial charge in [0.05, 0.1) is 28.4 Å². The molecule has 16 heteroatoms. The van der Waals surface area contributed by atoms with E-state index in [1.807, 2.05) is 35.2 Å². The molecule has 6 heterocycles. The largest absolute Gasteiger partial charge is 0.359 e. The first-order chi connectivity index (χ1) is 22.5. The molecular formula is C30H31FN12O3. The lowest BCUT2D eigenvalue weighted by Crippen LogP contribution is -2.51. The quantitative estimate of drug-likeness (QED) is 0.160. The summed E-state index contributed by atoms with van der Waals surface area (Å²) >= 11 is 0. The molecule has 2 aliphatic heterocycles. The highest BCUT2D eigenvalue weighted by molar-refractivity contribution is 6.45. The van der Waals surface area contributed by atoms with Gasteiger partial charge in [-0.05, 0) is 54.6 Å². The number of ketones is 1. The average Bonchev–Trinajstić information content (AvgIpc) is 3.92. The van der Waals surface area contributed by atoms with Gasteiger partial charge < -0.3 is 25.0 Å². The number of carbonyl (C=O) groups excluding carboxylic acids is 3. The third kappa shape index (κ3) is 5.58. The number of hydrogen-bond acceptors (Lipinski definition) is 10. The molecule has 46 heavy (non-hydrogen) atoms. The van der Waals surface area contributed by atoms with Crippen LogP contribution in [0.25, 0.3) is 28.0 Å². The number of aromatic amines is 2. The fourth-order valence-electron chi connectivity index (χ4n) is 5.95. The van der Waals surface area contributed by atoms with Crippen LogP contribution in [0.15, 0.2) is 48.8 Å². The molecule has 0 bridgehead atoms. The van der Waals surface area contributed by atoms with E-state index >= 15 is 4.39 Å². The molecule has 0 spiro atoms. The van der Waals surface area contributed by atoms with Crippen LogP contribution in [0, 0.1) is 5.82 Å². The van der Waals surface area contributed by atoms with E-state index in [1.165, 1.54) is 30.0 Å². The smallest absolute Gasteiger partial charge is 0.295 e. The molecule has 0 radical (unpaired) electrons. The Hall–Kier alpha value is -5.51. The number of rotatable bonds is 9. The van der Waals surface area contributed by atoms with Crippen LogP contribution in [-0.4, -0.2) is 120 Å². The molecule has 3 N–H and O–H groups in total. The number of likely N-dealkylation sites (tertiary alicyclic amines) is 1. The summed E-state index contributed by atoms with van der Waals surface area (Å²) in [6.45, 7) is 4.65. The number of carbonyl (C=O) groups is 3. The van der Waals surface area contributed by atoms with Crippen LogP contribution < -0.4 is 10.2 Å². The lowest BCUT2D eigenvalue weighted by atomic mass is 10.1. The molecule has 2 fully saturated rings. The van der Waals surface area contributed by atoms with Gasteiger partial charge in [-0.3, -0.25) is 19.5 Å². The van der Waals surface area contributed by atoms with E-state index in [1.54, 1.807) is 4.68 Å². The number of H-pyrrole nitrogens is 2. The number of halogens is 1. The Morgan fingerprint density at radius 1 is 1.00 bits per heavy atom. The number of fused-ring (bicyclic) bond motifs is 1. The molecule has 2 amide bonds. The van der Waals surface area contributed by atoms with Crippen LogP contribution >= 0.6 is 0 Å². The number of hydrogen-bond donors (Lipinski definition) is 3. The van der Waals surface area contributed by atoms with E-state index in [4.69, 9.17) is 0 Å². The van der Waals surface area contributed by atoms with Gasteiger partial charge in [0.25, 0.3) is 17.6 Å². The Labute approximate surface area is 261 Å². The van der Waals surface area contributed by atoms with Gasteiger partial charge in [0.2, 0.25) is 5.95 Å². The molecule has 0 atom stereocenters. The van der Waals surface area contributed by atoms with Gasteiger partial charge in [-0.25, -0.2) is 9.37 Å². The van der Waals surface area contributed by atoms with Crippen molar-refractivity contribution in [3.8, 4) is 17.1 Å². The van der Waals surface area contributed by atoms with E-state index in [-0.39, 0.29) is 52.5 Å². The molecule has 236 valence electrons. The van der Waals surface area contributed by atoms with Gasteiger partial charge in [-0.2, -0.15) is 9.78 Å². The molecule has 0 saturated carbocycles. The molecule has 15 nitrogen and oxygen atoms in total. The van der Waals surface area contributed by atoms with E-state index in [0.717, 1.165) is 31.5 Å². The number of Topliss-reactive ketones (excluding diaryl/α,β-unsaturated/α-hetero) is 1. The van der Waals surface area contributed by atoms with Crippen LogP contribution in [-0.2, 0) is 4.79 Å². The predicted molar refractivity (Wildman–Crippen MR) is 164 cm³/mol. The summed E-state index contributed by atoms with van der Waals surface area (Å²) in [5, 5.41) is 21.8. The predicted octanol–water partition coefficient (Wildman–Crippen LogP) is 1.42. The number of anilines is 1. The van der Waals surface area contributed by atoms with Crippen molar-refractivity contribution in [3.63, 3.8) is 0 Å². The number of nitrogens with one attached hydrogen (secondary N) is 3. The molecule has 7 rings (SSSR count). The minimum atomic E-state index is -0.843. The Morgan fingerprint density at radius 2 is 1.78 bits per heavy atom. The zero-order valence-corrected chi connectivity index (χ0v) is 24.8. The van der Waals surface area contributed by atoms with E-state index < -0.39 is 17.5 Å². The minimum absolute atomic E-state index is 0.0661. The molecule has 2 saturated heterocycles. The van der Waals surface area contributed by atoms with Crippen LogP contribution in [0.5, 0.6) is 0 Å². The molecular weight excluding hydrogens is 595 g/mol. The first kappa shape index (κ1) is 29.2. The zero-order valence-electron chi connectivity index (χ0n) is 24.8. The second-order valence-electron chi connectivity index (χ2n) is 11.2. The highest BCUT2D eigenvalue weighted by Crippen LogP contribution is 2.30. The fraction of sp³-hybridized carbons (Fsp3) is 0.333. The molecule has 0 aliphatic carbocycles. The number of pyridine rings is 1. The van der Waals surface area contributed by atoms with Crippen molar-refractivity contribution in [2.45, 2.75) is 12.8 Å². The van der Waals surface area contributed by atoms with Crippen molar-refractivity contribution in [1.29, 1.82) is 0 Å². The van der Waals surface area contributed by atoms with Crippen LogP contribution in [0.2, 0.25) is 0 Å². The van der Waals surface area contributed by atoms with Crippen LogP contribution in [0.1, 0.15) is 33.7 Å². The molecule has 2 aliphatic rings. The Kier molecular flexibility index (Phi) is 7.92. The number of para-hydroxylation sites is 1. The van der Waals surface area contributed by atoms with E-state index in [0.29, 0.717) is 25.6 Å². The van der Waals surface area contributed by atoms with Gasteiger partial charge in [-0.15, -0.1) is 0 Å². The Bertz CT molecular complexity index is 1890. The van der Waals surface area contributed by atoms with Crippen LogP contribution in [0.4, 0.5) is 10.3 Å². The molecule has 0 unspecified atom stereocenters. The maximum absolute atomic E-state index is 15.1. The number of tetrazole rings is 1. The monoisotopic (exact) mass is 626 g/mol. The van der Waals surface area contributed by atoms with Crippen molar-refractivity contribution >= 4 is 34.4 Å². The number of nitrogens with zero attached hydrogens (tertiary/aromatic N) is 9. The summed E-state index contributed by atoms with van der Waals surface area (Å²) in [5.41, 5.74) is 1.64. The van der Waals surface area contributed by atoms with Gasteiger partial charge in [0.15, 0.2) is 5.82 Å². The summed E-state index contributed by atoms with van der Waals surface area (Å²) in [6.07, 6.45) is 4.63. The Morgan fingerprint density at radius 3 is 2.57 bits per heavy atom. The summed E-state index contributed by atoms with van der Waals surface area (Å²) in [7, 11) is 0. The normalized spacial score (nSPS) is 15.5. The third-order valence-electron chi connectivity index (χ3n) is 8.38. The molecule has 1 aromatic carbocycles. The lowest BCUT2D eigenvalue weighted by Gasteiger charge is -2.34. The van der Waals surface area contributed by atoms with E-state index in [9.17, 15) is 14.4 Å². The van der Waals surface area contributed by atoms with Gasteiger partial charge >= 0.3 is 0 Å². The standard InChI is InChI=1S/C30H31FN12O3/c31-21-18-34-25(22-16-23(36-35-22)28(45)32-8-11-40-9-4-5-10-40)26-24(21)20(17-33-26)27(44)29(46)41-12-14-42(15-13-41)30-37-38-39-43(30)19-6-2-1-3-7-19/h1-3,6-7,16-18,33H,4-5,8-15H2,(H,32,45)(H,35,36). The number of piperazine rings is 1. The SMILES string of the molecule is O=C(NCCN1CCCC1)c1cc(-c2ncc(F)c3c(C(=O)C(=O)N4CCN(c5nnnn5-c5ccccc5)CC4)c[nH]c23)n[nH]1. The second kappa shape index (κ2) is 12.5. The highest BCUT2D eigenvalue weighted by atomic mass is 19.1. The van der Waals surface area contributed by atoms with Crippen molar-refractivity contribution in [2.75, 3.05) is 57.3 Å². The highest BCUT2D eigenvalue weighted by Gasteiger charge is 2.31. The zero-order chi connectivity index (χ0) is 31.6. The van der Waals surface area contributed by atoms with Crippen molar-refractivity contribution < 1.29 is 18.8 Å². The van der Waals surface area contributed by atoms with Crippen molar-refractivity contribution in [3.05, 3.63) is 65.9 Å². The number of aromatic nitrogens is 8. The van der Waals surface area contributed by atoms with Gasteiger partial charge in [-0.1, -0.05) is 23.3 Å². The second-order valence-corrected chi connectivity index (χ2v) is 11.2. The minimum Gasteiger partial charge on any atom is -0.359 e. The fourth-order valence-corrected chi connectivity index (χ4v) is 5.95. The number of amides is 2.